The first-order valence-corrected chi connectivity index (χ1v) is 15.4. The lowest BCUT2D eigenvalue weighted by Gasteiger charge is -2.23. The second-order valence-electron chi connectivity index (χ2n) is 11.0. The van der Waals surface area contributed by atoms with Crippen molar-refractivity contribution in [1.29, 1.82) is 0 Å². The Labute approximate surface area is 269 Å². The smallest absolute Gasteiger partial charge is 0.254 e. The first kappa shape index (κ1) is 30.4. The van der Waals surface area contributed by atoms with Crippen LogP contribution in [0.4, 0.5) is 5.69 Å². The number of nitrogens with one attached hydrogen (secondary N) is 1. The number of carbonyl (C=O) groups excluding carboxylic acids is 2. The average Bonchev–Trinajstić information content (AvgIpc) is 3.48. The van der Waals surface area contributed by atoms with E-state index in [9.17, 15) is 14.4 Å². The van der Waals surface area contributed by atoms with Crippen molar-refractivity contribution in [3.8, 4) is 28.1 Å². The largest absolute Gasteiger partial charge is 0.325 e. The van der Waals surface area contributed by atoms with Gasteiger partial charge in [-0.1, -0.05) is 48.7 Å². The zero-order valence-corrected chi connectivity index (χ0v) is 26.1. The van der Waals surface area contributed by atoms with Gasteiger partial charge in [0, 0.05) is 52.0 Å². The molecule has 5 aromatic rings. The number of amides is 1. The van der Waals surface area contributed by atoms with Crippen LogP contribution in [-0.4, -0.2) is 41.2 Å². The SMILES string of the molecule is CCC(=O)c1ccc2c(c1)-c1ccnc(c1)[C@@H](n1cnc(-c3cc(Cl)ccc3-n3cc(Cl)nn3)cc1=O)CCC[C@@H](C)C(=O)N2. The molecule has 0 saturated carbocycles. The third-order valence-corrected chi connectivity index (χ3v) is 8.44. The second-order valence-corrected chi connectivity index (χ2v) is 11.8. The lowest BCUT2D eigenvalue weighted by Crippen LogP contribution is -2.27. The third kappa shape index (κ3) is 6.29. The van der Waals surface area contributed by atoms with Crippen LogP contribution in [0.3, 0.4) is 0 Å². The maximum Gasteiger partial charge on any atom is 0.254 e. The molecule has 1 aliphatic heterocycles. The minimum Gasteiger partial charge on any atom is -0.325 e. The van der Waals surface area contributed by atoms with Crippen molar-refractivity contribution in [2.45, 2.75) is 45.6 Å². The number of ketones is 1. The Morgan fingerprint density at radius 1 is 1.00 bits per heavy atom. The number of pyridine rings is 1. The highest BCUT2D eigenvalue weighted by molar-refractivity contribution is 6.31. The highest BCUT2D eigenvalue weighted by Gasteiger charge is 2.23. The number of benzene rings is 2. The van der Waals surface area contributed by atoms with Crippen LogP contribution in [-0.2, 0) is 4.79 Å². The number of Topliss-reactive ketones (excluding diaryl/α,β-unsaturated/α-hetero) is 1. The van der Waals surface area contributed by atoms with Crippen LogP contribution in [0.25, 0.3) is 28.1 Å². The molecular formula is C33H29Cl2N7O3. The van der Waals surface area contributed by atoms with Gasteiger partial charge in [0.2, 0.25) is 5.91 Å². The lowest BCUT2D eigenvalue weighted by molar-refractivity contribution is -0.119. The number of hydrogen-bond donors (Lipinski definition) is 1. The fourth-order valence-corrected chi connectivity index (χ4v) is 5.87. The molecule has 2 aromatic carbocycles. The predicted octanol–water partition coefficient (Wildman–Crippen LogP) is 6.80. The number of anilines is 1. The summed E-state index contributed by atoms with van der Waals surface area (Å²) in [7, 11) is 0. The normalized spacial score (nSPS) is 16.7. The van der Waals surface area contributed by atoms with Crippen molar-refractivity contribution in [2.75, 3.05) is 5.32 Å². The summed E-state index contributed by atoms with van der Waals surface area (Å²) in [5, 5.41) is 11.6. The van der Waals surface area contributed by atoms with E-state index in [2.05, 4.69) is 25.6 Å². The minimum absolute atomic E-state index is 0.00302. The summed E-state index contributed by atoms with van der Waals surface area (Å²) in [5.74, 6) is -0.375. The van der Waals surface area contributed by atoms with Gasteiger partial charge in [-0.25, -0.2) is 9.67 Å². The molecule has 1 N–H and O–H groups in total. The Bertz CT molecular complexity index is 1990. The minimum atomic E-state index is -0.453. The number of fused-ring (bicyclic) bond motifs is 4. The zero-order chi connectivity index (χ0) is 31.7. The van der Waals surface area contributed by atoms with Crippen molar-refractivity contribution in [3.63, 3.8) is 0 Å². The van der Waals surface area contributed by atoms with E-state index >= 15 is 0 Å². The molecule has 4 heterocycles. The molecular weight excluding hydrogens is 613 g/mol. The summed E-state index contributed by atoms with van der Waals surface area (Å²) in [6.07, 6.45) is 6.94. The van der Waals surface area contributed by atoms with E-state index in [-0.39, 0.29) is 28.3 Å². The van der Waals surface area contributed by atoms with Gasteiger partial charge in [-0.3, -0.25) is 23.9 Å². The van der Waals surface area contributed by atoms with E-state index in [0.29, 0.717) is 70.2 Å². The predicted molar refractivity (Wildman–Crippen MR) is 173 cm³/mol. The van der Waals surface area contributed by atoms with Crippen LogP contribution in [0.15, 0.2) is 78.1 Å². The van der Waals surface area contributed by atoms with Crippen molar-refractivity contribution in [1.82, 2.24) is 29.5 Å². The fraction of sp³-hybridized carbons (Fsp3) is 0.242. The topological polar surface area (TPSA) is 125 Å². The fourth-order valence-electron chi connectivity index (χ4n) is 5.57. The molecule has 0 fully saturated rings. The summed E-state index contributed by atoms with van der Waals surface area (Å²) in [4.78, 5) is 48.9. The first-order valence-electron chi connectivity index (χ1n) is 14.6. The second kappa shape index (κ2) is 12.7. The molecule has 10 nitrogen and oxygen atoms in total. The van der Waals surface area contributed by atoms with Crippen LogP contribution < -0.4 is 10.9 Å². The van der Waals surface area contributed by atoms with Crippen molar-refractivity contribution in [2.24, 2.45) is 5.92 Å². The number of nitrogens with zero attached hydrogens (tertiary/aromatic N) is 6. The number of hydrogen-bond acceptors (Lipinski definition) is 7. The molecule has 0 radical (unpaired) electrons. The lowest BCUT2D eigenvalue weighted by atomic mass is 9.94. The maximum absolute atomic E-state index is 13.8. The Hall–Kier alpha value is -4.67. The van der Waals surface area contributed by atoms with Gasteiger partial charge < -0.3 is 5.32 Å². The number of aromatic nitrogens is 6. The van der Waals surface area contributed by atoms with Crippen molar-refractivity contribution >= 4 is 40.6 Å². The van der Waals surface area contributed by atoms with Crippen molar-refractivity contribution < 1.29 is 9.59 Å². The van der Waals surface area contributed by atoms with Gasteiger partial charge in [-0.2, -0.15) is 0 Å². The van der Waals surface area contributed by atoms with Gasteiger partial charge in [-0.15, -0.1) is 5.10 Å². The highest BCUT2D eigenvalue weighted by Crippen LogP contribution is 2.34. The molecule has 228 valence electrons. The maximum atomic E-state index is 13.8. The van der Waals surface area contributed by atoms with Gasteiger partial charge in [0.25, 0.3) is 5.56 Å². The quantitative estimate of drug-likeness (QED) is 0.209. The third-order valence-electron chi connectivity index (χ3n) is 8.03. The van der Waals surface area contributed by atoms with E-state index in [4.69, 9.17) is 23.2 Å². The molecule has 2 bridgehead atoms. The summed E-state index contributed by atoms with van der Waals surface area (Å²) in [6.45, 7) is 3.70. The Morgan fingerprint density at radius 3 is 2.60 bits per heavy atom. The molecule has 1 amide bonds. The van der Waals surface area contributed by atoms with Gasteiger partial charge in [0.15, 0.2) is 10.9 Å². The Morgan fingerprint density at radius 2 is 1.84 bits per heavy atom. The zero-order valence-electron chi connectivity index (χ0n) is 24.6. The molecule has 0 saturated heterocycles. The van der Waals surface area contributed by atoms with Crippen LogP contribution in [0.5, 0.6) is 0 Å². The van der Waals surface area contributed by atoms with Crippen LogP contribution in [0, 0.1) is 5.92 Å². The van der Waals surface area contributed by atoms with E-state index in [1.807, 2.05) is 26.0 Å². The van der Waals surface area contributed by atoms with E-state index in [1.165, 1.54) is 17.1 Å². The Balaban J connectivity index is 1.45. The van der Waals surface area contributed by atoms with Crippen LogP contribution in [0.1, 0.15) is 61.6 Å². The number of rotatable bonds is 5. The van der Waals surface area contributed by atoms with Gasteiger partial charge in [0.1, 0.15) is 0 Å². The molecule has 45 heavy (non-hydrogen) atoms. The van der Waals surface area contributed by atoms with E-state index in [0.717, 1.165) is 5.56 Å². The molecule has 1 aliphatic rings. The monoisotopic (exact) mass is 641 g/mol. The summed E-state index contributed by atoms with van der Waals surface area (Å²) in [5.41, 5.74) is 4.64. The van der Waals surface area contributed by atoms with Crippen LogP contribution >= 0.6 is 23.2 Å². The molecule has 0 unspecified atom stereocenters. The standard InChI is InChI=1S/C33H29Cl2N7O3/c1-3-30(43)21-7-9-25-23(13-21)20-11-12-36-27(14-20)29(6-4-5-19(2)33(45)38-25)41-18-37-26(16-32(41)44)24-15-22(34)8-10-28(24)42-17-31(35)39-40-42/h7-19,29H,3-6H2,1-2H3,(H,38,45)/t19-,29+/m1/s1. The van der Waals surface area contributed by atoms with E-state index in [1.54, 1.807) is 53.4 Å². The summed E-state index contributed by atoms with van der Waals surface area (Å²) >= 11 is 12.3. The summed E-state index contributed by atoms with van der Waals surface area (Å²) < 4.78 is 3.07. The molecule has 0 spiro atoms. The van der Waals surface area contributed by atoms with E-state index < -0.39 is 6.04 Å². The molecule has 3 aromatic heterocycles. The molecule has 0 aliphatic carbocycles. The van der Waals surface area contributed by atoms with Gasteiger partial charge in [-0.05, 0) is 66.9 Å². The average molecular weight is 643 g/mol. The number of halogens is 2. The van der Waals surface area contributed by atoms with Crippen LogP contribution in [0.2, 0.25) is 10.2 Å². The highest BCUT2D eigenvalue weighted by atomic mass is 35.5. The first-order chi connectivity index (χ1) is 21.7. The molecule has 2 atom stereocenters. The van der Waals surface area contributed by atoms with Crippen molar-refractivity contribution in [3.05, 3.63) is 105 Å². The number of carbonyl (C=O) groups is 2. The summed E-state index contributed by atoms with van der Waals surface area (Å²) in [6, 6.07) is 15.2. The van der Waals surface area contributed by atoms with Gasteiger partial charge >= 0.3 is 0 Å². The molecule has 6 rings (SSSR count). The molecule has 12 heteroatoms. The van der Waals surface area contributed by atoms with Gasteiger partial charge in [0.05, 0.1) is 35.6 Å². The Kier molecular flexibility index (Phi) is 8.60.